The van der Waals surface area contributed by atoms with Crippen molar-refractivity contribution in [3.63, 3.8) is 0 Å². The largest absolute Gasteiger partial charge is 0.291 e. The molecule has 0 radical (unpaired) electrons. The third kappa shape index (κ3) is 4.34. The summed E-state index contributed by atoms with van der Waals surface area (Å²) < 4.78 is 4.17. The molecule has 1 unspecified atom stereocenters. The summed E-state index contributed by atoms with van der Waals surface area (Å²) >= 11 is 15.4. The minimum atomic E-state index is -0.503. The molecule has 0 fully saturated rings. The standard InChI is InChI=1S/C17H17BrCl2N6O/c1-9-15(18)10(2)26(23-9)11(3)16(27)22-17-21-8-25(24-17)7-12-4-5-13(19)14(20)6-12/h4-6,8,11H,7H2,1-3H3,(H,22,24,27). The summed E-state index contributed by atoms with van der Waals surface area (Å²) in [6, 6.07) is 4.85. The van der Waals surface area contributed by atoms with E-state index in [9.17, 15) is 4.79 Å². The summed E-state index contributed by atoms with van der Waals surface area (Å²) in [5.41, 5.74) is 2.64. The maximum Gasteiger partial charge on any atom is 0.251 e. The van der Waals surface area contributed by atoms with Crippen molar-refractivity contribution in [3.05, 3.63) is 56.0 Å². The fraction of sp³-hybridized carbons (Fsp3) is 0.294. The maximum absolute atomic E-state index is 12.5. The summed E-state index contributed by atoms with van der Waals surface area (Å²) in [5, 5.41) is 12.4. The van der Waals surface area contributed by atoms with E-state index in [-0.39, 0.29) is 11.9 Å². The molecule has 0 saturated heterocycles. The van der Waals surface area contributed by atoms with Crippen LogP contribution < -0.4 is 5.32 Å². The van der Waals surface area contributed by atoms with Crippen molar-refractivity contribution in [1.82, 2.24) is 24.5 Å². The van der Waals surface area contributed by atoms with Crippen molar-refractivity contribution < 1.29 is 4.79 Å². The first-order chi connectivity index (χ1) is 12.8. The third-order valence-electron chi connectivity index (χ3n) is 4.08. The second-order valence-electron chi connectivity index (χ2n) is 6.11. The molecule has 2 heterocycles. The molecule has 27 heavy (non-hydrogen) atoms. The van der Waals surface area contributed by atoms with Gasteiger partial charge in [-0.2, -0.15) is 5.10 Å². The van der Waals surface area contributed by atoms with Gasteiger partial charge in [-0.1, -0.05) is 29.3 Å². The molecule has 3 aromatic rings. The van der Waals surface area contributed by atoms with Crippen LogP contribution in [0.1, 0.15) is 29.9 Å². The first-order valence-corrected chi connectivity index (χ1v) is 9.66. The van der Waals surface area contributed by atoms with Crippen LogP contribution in [-0.4, -0.2) is 30.5 Å². The Bertz CT molecular complexity index is 999. The lowest BCUT2D eigenvalue weighted by molar-refractivity contribution is -0.119. The molecule has 0 spiro atoms. The number of nitrogens with one attached hydrogen (secondary N) is 1. The lowest BCUT2D eigenvalue weighted by Crippen LogP contribution is -2.25. The number of rotatable bonds is 5. The Morgan fingerprint density at radius 2 is 2.00 bits per heavy atom. The van der Waals surface area contributed by atoms with Gasteiger partial charge in [-0.05, 0) is 54.4 Å². The number of carbonyl (C=O) groups is 1. The molecule has 10 heteroatoms. The molecule has 0 aliphatic rings. The second kappa shape index (κ2) is 8.00. The molecule has 1 amide bonds. The van der Waals surface area contributed by atoms with E-state index in [4.69, 9.17) is 23.2 Å². The zero-order valence-corrected chi connectivity index (χ0v) is 18.0. The Hall–Kier alpha value is -1.90. The van der Waals surface area contributed by atoms with Crippen LogP contribution in [0.15, 0.2) is 29.0 Å². The smallest absolute Gasteiger partial charge is 0.251 e. The van der Waals surface area contributed by atoms with Gasteiger partial charge in [0.05, 0.1) is 32.5 Å². The molecule has 2 aromatic heterocycles. The monoisotopic (exact) mass is 470 g/mol. The Balaban J connectivity index is 1.68. The number of aryl methyl sites for hydroxylation is 1. The van der Waals surface area contributed by atoms with Crippen LogP contribution in [0.25, 0.3) is 0 Å². The van der Waals surface area contributed by atoms with Crippen LogP contribution >= 0.6 is 39.1 Å². The Labute approximate surface area is 174 Å². The number of anilines is 1. The fourth-order valence-corrected chi connectivity index (χ4v) is 3.18. The average Bonchev–Trinajstić information content (AvgIpc) is 3.17. The molecule has 1 aromatic carbocycles. The van der Waals surface area contributed by atoms with E-state index < -0.39 is 6.04 Å². The number of hydrogen-bond acceptors (Lipinski definition) is 4. The Morgan fingerprint density at radius 1 is 1.26 bits per heavy atom. The summed E-state index contributed by atoms with van der Waals surface area (Å²) in [5.74, 6) is -0.0205. The van der Waals surface area contributed by atoms with Gasteiger partial charge in [-0.25, -0.2) is 9.67 Å². The van der Waals surface area contributed by atoms with E-state index in [1.54, 1.807) is 34.7 Å². The molecule has 0 aliphatic carbocycles. The number of nitrogens with zero attached hydrogens (tertiary/aromatic N) is 5. The molecule has 1 N–H and O–H groups in total. The highest BCUT2D eigenvalue weighted by molar-refractivity contribution is 9.10. The quantitative estimate of drug-likeness (QED) is 0.597. The van der Waals surface area contributed by atoms with Gasteiger partial charge in [0.15, 0.2) is 0 Å². The zero-order valence-electron chi connectivity index (χ0n) is 14.9. The average molecular weight is 472 g/mol. The van der Waals surface area contributed by atoms with E-state index in [2.05, 4.69) is 36.4 Å². The number of amides is 1. The SMILES string of the molecule is Cc1nn(C(C)C(=O)Nc2ncn(Cc3ccc(Cl)c(Cl)c3)n2)c(C)c1Br. The van der Waals surface area contributed by atoms with Crippen LogP contribution in [0.3, 0.4) is 0 Å². The van der Waals surface area contributed by atoms with E-state index in [0.29, 0.717) is 16.6 Å². The topological polar surface area (TPSA) is 77.6 Å². The highest BCUT2D eigenvalue weighted by atomic mass is 79.9. The number of carbonyl (C=O) groups excluding carboxylic acids is 1. The van der Waals surface area contributed by atoms with Crippen LogP contribution in [0.2, 0.25) is 10.0 Å². The van der Waals surface area contributed by atoms with Crippen LogP contribution in [-0.2, 0) is 11.3 Å². The van der Waals surface area contributed by atoms with Gasteiger partial charge in [-0.15, -0.1) is 5.10 Å². The molecule has 0 bridgehead atoms. The predicted molar refractivity (Wildman–Crippen MR) is 108 cm³/mol. The summed E-state index contributed by atoms with van der Waals surface area (Å²) in [6.45, 7) is 6.01. The Morgan fingerprint density at radius 3 is 2.63 bits per heavy atom. The number of aromatic nitrogens is 5. The third-order valence-corrected chi connectivity index (χ3v) is 5.97. The molecule has 1 atom stereocenters. The van der Waals surface area contributed by atoms with Gasteiger partial charge in [0, 0.05) is 0 Å². The highest BCUT2D eigenvalue weighted by Gasteiger charge is 2.21. The van der Waals surface area contributed by atoms with E-state index in [0.717, 1.165) is 21.4 Å². The summed E-state index contributed by atoms with van der Waals surface area (Å²) in [6.07, 6.45) is 1.54. The molecular weight excluding hydrogens is 455 g/mol. The minimum absolute atomic E-state index is 0.229. The molecule has 142 valence electrons. The Kier molecular flexibility index (Phi) is 5.88. The van der Waals surface area contributed by atoms with Gasteiger partial charge in [-0.3, -0.25) is 14.8 Å². The number of halogens is 3. The van der Waals surface area contributed by atoms with Gasteiger partial charge in [0.25, 0.3) is 5.91 Å². The number of benzene rings is 1. The molecule has 0 aliphatic heterocycles. The highest BCUT2D eigenvalue weighted by Crippen LogP contribution is 2.24. The molecule has 7 nitrogen and oxygen atoms in total. The summed E-state index contributed by atoms with van der Waals surface area (Å²) in [7, 11) is 0. The minimum Gasteiger partial charge on any atom is -0.291 e. The second-order valence-corrected chi connectivity index (χ2v) is 7.72. The number of hydrogen-bond donors (Lipinski definition) is 1. The maximum atomic E-state index is 12.5. The van der Waals surface area contributed by atoms with Crippen molar-refractivity contribution in [3.8, 4) is 0 Å². The van der Waals surface area contributed by atoms with Gasteiger partial charge < -0.3 is 0 Å². The van der Waals surface area contributed by atoms with Crippen molar-refractivity contribution >= 4 is 51.0 Å². The first-order valence-electron chi connectivity index (χ1n) is 8.11. The lowest BCUT2D eigenvalue weighted by atomic mass is 10.2. The van der Waals surface area contributed by atoms with Gasteiger partial charge >= 0.3 is 0 Å². The predicted octanol–water partition coefficient (Wildman–Crippen LogP) is 4.41. The molecule has 3 rings (SSSR count). The van der Waals surface area contributed by atoms with E-state index >= 15 is 0 Å². The van der Waals surface area contributed by atoms with E-state index in [1.165, 1.54) is 0 Å². The van der Waals surface area contributed by atoms with Crippen molar-refractivity contribution in [1.29, 1.82) is 0 Å². The van der Waals surface area contributed by atoms with Gasteiger partial charge in [0.1, 0.15) is 12.4 Å². The van der Waals surface area contributed by atoms with Crippen LogP contribution in [0.5, 0.6) is 0 Å². The normalized spacial score (nSPS) is 12.2. The molecular formula is C17H17BrCl2N6O. The first kappa shape index (κ1) is 19.9. The van der Waals surface area contributed by atoms with Crippen molar-refractivity contribution in [2.75, 3.05) is 5.32 Å². The summed E-state index contributed by atoms with van der Waals surface area (Å²) in [4.78, 5) is 16.7. The van der Waals surface area contributed by atoms with Crippen molar-refractivity contribution in [2.24, 2.45) is 0 Å². The van der Waals surface area contributed by atoms with Crippen LogP contribution in [0, 0.1) is 13.8 Å². The van der Waals surface area contributed by atoms with Crippen molar-refractivity contribution in [2.45, 2.75) is 33.4 Å². The van der Waals surface area contributed by atoms with Crippen LogP contribution in [0.4, 0.5) is 5.95 Å². The molecule has 0 saturated carbocycles. The van der Waals surface area contributed by atoms with Gasteiger partial charge in [0.2, 0.25) is 5.95 Å². The zero-order chi connectivity index (χ0) is 19.7. The van der Waals surface area contributed by atoms with E-state index in [1.807, 2.05) is 19.9 Å². The fourth-order valence-electron chi connectivity index (χ4n) is 2.60. The lowest BCUT2D eigenvalue weighted by Gasteiger charge is -2.13.